The Morgan fingerprint density at radius 3 is 2.71 bits per heavy atom. The number of hydrogen-bond donors (Lipinski definition) is 2. The van der Waals surface area contributed by atoms with Crippen molar-refractivity contribution in [2.75, 3.05) is 24.2 Å². The quantitative estimate of drug-likeness (QED) is 0.885. The van der Waals surface area contributed by atoms with Crippen molar-refractivity contribution in [3.8, 4) is 0 Å². The minimum Gasteiger partial charge on any atom is -0.369 e. The molecule has 3 rings (SSSR count). The van der Waals surface area contributed by atoms with E-state index in [1.54, 1.807) is 11.3 Å². The highest BCUT2D eigenvalue weighted by Gasteiger charge is 2.19. The lowest BCUT2D eigenvalue weighted by atomic mass is 9.83. The average molecular weight is 304 g/mol. The van der Waals surface area contributed by atoms with Gasteiger partial charge in [-0.2, -0.15) is 4.98 Å². The highest BCUT2D eigenvalue weighted by atomic mass is 32.1. The van der Waals surface area contributed by atoms with Crippen molar-refractivity contribution in [2.45, 2.75) is 39.5 Å². The van der Waals surface area contributed by atoms with Gasteiger partial charge in [0.05, 0.1) is 5.39 Å². The predicted molar refractivity (Wildman–Crippen MR) is 91.3 cm³/mol. The van der Waals surface area contributed by atoms with E-state index < -0.39 is 0 Å². The summed E-state index contributed by atoms with van der Waals surface area (Å²) in [5.41, 5.74) is 0. The molecule has 0 atom stereocenters. The Hall–Kier alpha value is -1.36. The second kappa shape index (κ2) is 6.18. The van der Waals surface area contributed by atoms with Gasteiger partial charge in [0, 0.05) is 18.5 Å². The number of hydrogen-bond acceptors (Lipinski definition) is 5. The van der Waals surface area contributed by atoms with Crippen molar-refractivity contribution in [3.63, 3.8) is 0 Å². The maximum atomic E-state index is 4.61. The lowest BCUT2D eigenvalue weighted by molar-refractivity contribution is 0.300. The Bertz CT molecular complexity index is 614. The van der Waals surface area contributed by atoms with Crippen LogP contribution in [0.15, 0.2) is 6.07 Å². The summed E-state index contributed by atoms with van der Waals surface area (Å²) in [6.45, 7) is 5.51. The fourth-order valence-electron chi connectivity index (χ4n) is 3.06. The molecule has 2 aromatic rings. The Morgan fingerprint density at radius 2 is 2.00 bits per heavy atom. The molecule has 0 unspecified atom stereocenters. The summed E-state index contributed by atoms with van der Waals surface area (Å²) in [6, 6.07) is 2.19. The molecule has 1 aliphatic rings. The first-order valence-corrected chi connectivity index (χ1v) is 8.67. The smallest absolute Gasteiger partial charge is 0.225 e. The summed E-state index contributed by atoms with van der Waals surface area (Å²) in [5.74, 6) is 3.36. The van der Waals surface area contributed by atoms with Crippen LogP contribution in [-0.2, 0) is 0 Å². The molecule has 4 nitrogen and oxygen atoms in total. The van der Waals surface area contributed by atoms with Crippen LogP contribution < -0.4 is 10.6 Å². The molecule has 0 aliphatic heterocycles. The van der Waals surface area contributed by atoms with E-state index in [-0.39, 0.29) is 0 Å². The molecular weight excluding hydrogens is 280 g/mol. The third kappa shape index (κ3) is 3.28. The number of aromatic nitrogens is 2. The van der Waals surface area contributed by atoms with Gasteiger partial charge in [-0.3, -0.25) is 0 Å². The van der Waals surface area contributed by atoms with Gasteiger partial charge in [0.1, 0.15) is 10.6 Å². The number of thiophene rings is 1. The van der Waals surface area contributed by atoms with E-state index in [0.29, 0.717) is 5.95 Å². The standard InChI is InChI=1S/C16H24N4S/c1-10-4-6-12(7-5-10)9-18-14-13-8-11(2)21-15(13)20-16(17-3)19-14/h8,10,12H,4-7,9H2,1-3H3,(H2,17,18,19,20). The summed E-state index contributed by atoms with van der Waals surface area (Å²) in [7, 11) is 1.87. The summed E-state index contributed by atoms with van der Waals surface area (Å²) in [6.07, 6.45) is 5.41. The third-order valence-corrected chi connectivity index (χ3v) is 5.38. The highest BCUT2D eigenvalue weighted by molar-refractivity contribution is 7.18. The van der Waals surface area contributed by atoms with Gasteiger partial charge in [0.2, 0.25) is 5.95 Å². The fraction of sp³-hybridized carbons (Fsp3) is 0.625. The van der Waals surface area contributed by atoms with Crippen molar-refractivity contribution < 1.29 is 0 Å². The van der Waals surface area contributed by atoms with Gasteiger partial charge in [-0.1, -0.05) is 19.8 Å². The van der Waals surface area contributed by atoms with Gasteiger partial charge in [0.25, 0.3) is 0 Å². The highest BCUT2D eigenvalue weighted by Crippen LogP contribution is 2.31. The first kappa shape index (κ1) is 14.6. The molecule has 0 aromatic carbocycles. The Morgan fingerprint density at radius 1 is 1.24 bits per heavy atom. The van der Waals surface area contributed by atoms with Crippen LogP contribution in [0.2, 0.25) is 0 Å². The molecule has 114 valence electrons. The molecule has 0 amide bonds. The van der Waals surface area contributed by atoms with Crippen LogP contribution in [0.25, 0.3) is 10.2 Å². The van der Waals surface area contributed by atoms with Crippen LogP contribution in [0, 0.1) is 18.8 Å². The van der Waals surface area contributed by atoms with E-state index in [1.165, 1.54) is 30.6 Å². The largest absolute Gasteiger partial charge is 0.369 e. The number of anilines is 2. The minimum atomic E-state index is 0.698. The van der Waals surface area contributed by atoms with Crippen LogP contribution in [0.5, 0.6) is 0 Å². The average Bonchev–Trinajstić information content (AvgIpc) is 2.86. The molecule has 1 fully saturated rings. The van der Waals surface area contributed by atoms with Crippen LogP contribution >= 0.6 is 11.3 Å². The molecule has 1 saturated carbocycles. The minimum absolute atomic E-state index is 0.698. The molecule has 2 aromatic heterocycles. The predicted octanol–water partition coefficient (Wildman–Crippen LogP) is 4.28. The number of rotatable bonds is 4. The molecule has 1 aliphatic carbocycles. The zero-order chi connectivity index (χ0) is 14.8. The monoisotopic (exact) mass is 304 g/mol. The zero-order valence-corrected chi connectivity index (χ0v) is 13.9. The van der Waals surface area contributed by atoms with E-state index >= 15 is 0 Å². The van der Waals surface area contributed by atoms with E-state index in [2.05, 4.69) is 40.5 Å². The number of nitrogens with zero attached hydrogens (tertiary/aromatic N) is 2. The Balaban J connectivity index is 1.76. The molecule has 5 heteroatoms. The van der Waals surface area contributed by atoms with Crippen molar-refractivity contribution in [1.29, 1.82) is 0 Å². The number of nitrogens with one attached hydrogen (secondary N) is 2. The van der Waals surface area contributed by atoms with Crippen LogP contribution in [-0.4, -0.2) is 23.6 Å². The zero-order valence-electron chi connectivity index (χ0n) is 13.1. The number of aryl methyl sites for hydroxylation is 1. The van der Waals surface area contributed by atoms with Crippen LogP contribution in [0.4, 0.5) is 11.8 Å². The normalized spacial score (nSPS) is 22.4. The first-order valence-electron chi connectivity index (χ1n) is 7.85. The first-order chi connectivity index (χ1) is 10.2. The lowest BCUT2D eigenvalue weighted by Gasteiger charge is -2.26. The maximum Gasteiger partial charge on any atom is 0.225 e. The Kier molecular flexibility index (Phi) is 4.29. The van der Waals surface area contributed by atoms with Gasteiger partial charge in [-0.25, -0.2) is 4.98 Å². The number of fused-ring (bicyclic) bond motifs is 1. The lowest BCUT2D eigenvalue weighted by Crippen LogP contribution is -2.20. The maximum absolute atomic E-state index is 4.61. The molecule has 0 spiro atoms. The van der Waals surface area contributed by atoms with E-state index in [4.69, 9.17) is 0 Å². The van der Waals surface area contributed by atoms with Gasteiger partial charge < -0.3 is 10.6 Å². The van der Waals surface area contributed by atoms with Crippen molar-refractivity contribution in [3.05, 3.63) is 10.9 Å². The van der Waals surface area contributed by atoms with Crippen LogP contribution in [0.3, 0.4) is 0 Å². The van der Waals surface area contributed by atoms with Gasteiger partial charge >= 0.3 is 0 Å². The SMILES string of the molecule is CNc1nc(NCC2CCC(C)CC2)c2cc(C)sc2n1. The van der Waals surface area contributed by atoms with Gasteiger partial charge in [-0.15, -0.1) is 11.3 Å². The summed E-state index contributed by atoms with van der Waals surface area (Å²) in [5, 5.41) is 7.79. The molecular formula is C16H24N4S. The molecule has 2 heterocycles. The van der Waals surface area contributed by atoms with Gasteiger partial charge in [0.15, 0.2) is 0 Å². The third-order valence-electron chi connectivity index (χ3n) is 4.43. The fourth-order valence-corrected chi connectivity index (χ4v) is 3.94. The topological polar surface area (TPSA) is 49.8 Å². The van der Waals surface area contributed by atoms with Gasteiger partial charge in [-0.05, 0) is 37.7 Å². The van der Waals surface area contributed by atoms with Crippen molar-refractivity contribution in [1.82, 2.24) is 9.97 Å². The Labute approximate surface area is 130 Å². The second-order valence-electron chi connectivity index (χ2n) is 6.23. The van der Waals surface area contributed by atoms with E-state index in [1.807, 2.05) is 7.05 Å². The van der Waals surface area contributed by atoms with E-state index in [9.17, 15) is 0 Å². The summed E-state index contributed by atoms with van der Waals surface area (Å²) >= 11 is 1.73. The molecule has 0 saturated heterocycles. The van der Waals surface area contributed by atoms with Crippen molar-refractivity contribution in [2.24, 2.45) is 11.8 Å². The second-order valence-corrected chi connectivity index (χ2v) is 7.46. The molecule has 0 bridgehead atoms. The van der Waals surface area contributed by atoms with E-state index in [0.717, 1.165) is 34.4 Å². The van der Waals surface area contributed by atoms with Crippen LogP contribution in [0.1, 0.15) is 37.5 Å². The van der Waals surface area contributed by atoms with Crippen molar-refractivity contribution >= 4 is 33.3 Å². The molecule has 0 radical (unpaired) electrons. The molecule has 21 heavy (non-hydrogen) atoms. The molecule has 2 N–H and O–H groups in total. The summed E-state index contributed by atoms with van der Waals surface area (Å²) < 4.78 is 0. The summed E-state index contributed by atoms with van der Waals surface area (Å²) in [4.78, 5) is 11.5.